The number of halogens is 1. The molecule has 2 N–H and O–H groups in total. The van der Waals surface area contributed by atoms with Gasteiger partial charge in [-0.1, -0.05) is 36.4 Å². The van der Waals surface area contributed by atoms with Crippen LogP contribution in [0.1, 0.15) is 11.1 Å². The van der Waals surface area contributed by atoms with Crippen molar-refractivity contribution in [3.63, 3.8) is 0 Å². The summed E-state index contributed by atoms with van der Waals surface area (Å²) in [5, 5.41) is 7.85. The lowest BCUT2D eigenvalue weighted by molar-refractivity contribution is -0.676. The molecule has 0 unspecified atom stereocenters. The van der Waals surface area contributed by atoms with Crippen LogP contribution >= 0.6 is 0 Å². The van der Waals surface area contributed by atoms with Crippen LogP contribution in [0, 0.1) is 0 Å². The van der Waals surface area contributed by atoms with Gasteiger partial charge in [-0.3, -0.25) is 0 Å². The summed E-state index contributed by atoms with van der Waals surface area (Å²) in [7, 11) is 0. The molecule has 3 aromatic rings. The second-order valence-electron chi connectivity index (χ2n) is 4.83. The smallest absolute Gasteiger partial charge is 0.102 e. The van der Waals surface area contributed by atoms with Crippen molar-refractivity contribution in [1.29, 1.82) is 0 Å². The Bertz CT molecular complexity index is 734. The van der Waals surface area contributed by atoms with E-state index in [1.165, 1.54) is 32.7 Å². The van der Waals surface area contributed by atoms with E-state index in [-0.39, 0.29) is 12.4 Å². The third-order valence-electron chi connectivity index (χ3n) is 3.79. The molecule has 0 aliphatic carbocycles. The normalized spacial score (nSPS) is 13.6. The van der Waals surface area contributed by atoms with Crippen molar-refractivity contribution in [2.75, 3.05) is 0 Å². The van der Waals surface area contributed by atoms with Crippen LogP contribution < -0.4 is 17.7 Å². The molecule has 1 aliphatic rings. The molecule has 2 heteroatoms. The van der Waals surface area contributed by atoms with Gasteiger partial charge in [-0.25, -0.2) is 0 Å². The summed E-state index contributed by atoms with van der Waals surface area (Å²) in [6, 6.07) is 17.9. The molecule has 0 fully saturated rings. The Labute approximate surface area is 112 Å². The Morgan fingerprint density at radius 1 is 0.722 bits per heavy atom. The van der Waals surface area contributed by atoms with Crippen LogP contribution in [0.5, 0.6) is 0 Å². The van der Waals surface area contributed by atoms with Crippen LogP contribution in [0.25, 0.3) is 21.5 Å². The minimum atomic E-state index is 0. The molecule has 0 bridgehead atoms. The first-order chi connectivity index (χ1) is 8.42. The maximum atomic E-state index is 2.39. The van der Waals surface area contributed by atoms with Gasteiger partial charge in [-0.2, -0.15) is 0 Å². The van der Waals surface area contributed by atoms with Crippen LogP contribution in [0.4, 0.5) is 0 Å². The lowest BCUT2D eigenvalue weighted by atomic mass is 9.98. The summed E-state index contributed by atoms with van der Waals surface area (Å²) in [4.78, 5) is 0. The quantitative estimate of drug-likeness (QED) is 0.526. The van der Waals surface area contributed by atoms with E-state index in [4.69, 9.17) is 0 Å². The van der Waals surface area contributed by atoms with Gasteiger partial charge < -0.3 is 17.7 Å². The van der Waals surface area contributed by atoms with Gasteiger partial charge in [0.1, 0.15) is 13.1 Å². The van der Waals surface area contributed by atoms with Crippen molar-refractivity contribution in [2.24, 2.45) is 0 Å². The van der Waals surface area contributed by atoms with Gasteiger partial charge in [-0.15, -0.1) is 0 Å². The maximum absolute atomic E-state index is 2.39. The molecule has 3 aromatic carbocycles. The summed E-state index contributed by atoms with van der Waals surface area (Å²) in [5.74, 6) is 0. The van der Waals surface area contributed by atoms with Crippen LogP contribution in [0.2, 0.25) is 0 Å². The van der Waals surface area contributed by atoms with Crippen LogP contribution in [0.3, 0.4) is 0 Å². The summed E-state index contributed by atoms with van der Waals surface area (Å²) in [6.45, 7) is 2.27. The lowest BCUT2D eigenvalue weighted by Gasteiger charge is -2.05. The molecule has 1 nitrogen and oxygen atoms in total. The molecule has 0 radical (unpaired) electrons. The van der Waals surface area contributed by atoms with E-state index in [9.17, 15) is 0 Å². The zero-order valence-electron chi connectivity index (χ0n) is 9.99. The monoisotopic (exact) mass is 255 g/mol. The number of nitrogens with two attached hydrogens (primary N) is 1. The van der Waals surface area contributed by atoms with Crippen molar-refractivity contribution in [3.05, 3.63) is 59.7 Å². The van der Waals surface area contributed by atoms with E-state index in [0.717, 1.165) is 13.1 Å². The Morgan fingerprint density at radius 3 is 2.33 bits per heavy atom. The van der Waals surface area contributed by atoms with E-state index in [0.29, 0.717) is 0 Å². The largest absolute Gasteiger partial charge is 1.00 e. The van der Waals surface area contributed by atoms with Crippen LogP contribution in [-0.4, -0.2) is 0 Å². The summed E-state index contributed by atoms with van der Waals surface area (Å²) in [5.41, 5.74) is 3.02. The van der Waals surface area contributed by atoms with E-state index >= 15 is 0 Å². The summed E-state index contributed by atoms with van der Waals surface area (Å²) < 4.78 is 0. The first kappa shape index (κ1) is 11.5. The maximum Gasteiger partial charge on any atom is 0.102 e. The van der Waals surface area contributed by atoms with Gasteiger partial charge in [0.2, 0.25) is 0 Å². The predicted octanol–water partition coefficient (Wildman–Crippen LogP) is -0.426. The third-order valence-corrected chi connectivity index (χ3v) is 3.79. The predicted molar refractivity (Wildman–Crippen MR) is 70.8 cm³/mol. The van der Waals surface area contributed by atoms with Crippen LogP contribution in [0.15, 0.2) is 48.5 Å². The molecule has 0 saturated carbocycles. The van der Waals surface area contributed by atoms with Gasteiger partial charge in [0.05, 0.1) is 0 Å². The number of rotatable bonds is 0. The second kappa shape index (κ2) is 4.27. The molecule has 90 valence electrons. The molecule has 0 aromatic heterocycles. The Kier molecular flexibility index (Phi) is 2.73. The highest BCUT2D eigenvalue weighted by molar-refractivity contribution is 6.07. The fraction of sp³-hybridized carbons (Fsp3) is 0.125. The number of hydrogen-bond acceptors (Lipinski definition) is 0. The topological polar surface area (TPSA) is 16.6 Å². The molecule has 18 heavy (non-hydrogen) atoms. The Hall–Kier alpha value is -1.57. The highest BCUT2D eigenvalue weighted by Gasteiger charge is 2.14. The highest BCUT2D eigenvalue weighted by atomic mass is 35.5. The second-order valence-corrected chi connectivity index (χ2v) is 4.83. The van der Waals surface area contributed by atoms with Gasteiger partial charge in [-0.05, 0) is 33.7 Å². The molecule has 0 saturated heterocycles. The van der Waals surface area contributed by atoms with Gasteiger partial charge in [0.15, 0.2) is 0 Å². The zero-order chi connectivity index (χ0) is 11.2. The van der Waals surface area contributed by atoms with E-state index in [2.05, 4.69) is 53.8 Å². The molecule has 1 heterocycles. The molecule has 4 rings (SSSR count). The third kappa shape index (κ3) is 1.59. The average molecular weight is 256 g/mol. The minimum Gasteiger partial charge on any atom is -1.00 e. The zero-order valence-corrected chi connectivity index (χ0v) is 10.7. The Morgan fingerprint density at radius 2 is 1.44 bits per heavy atom. The fourth-order valence-electron chi connectivity index (χ4n) is 2.91. The SMILES string of the molecule is [Cl-].c1ccc2c(c1)ccc1cc3c(cc12)C[NH2+]C3. The van der Waals surface area contributed by atoms with E-state index in [1.807, 2.05) is 0 Å². The van der Waals surface area contributed by atoms with E-state index < -0.39 is 0 Å². The molecule has 0 spiro atoms. The van der Waals surface area contributed by atoms with Gasteiger partial charge in [0, 0.05) is 11.1 Å². The fourth-order valence-corrected chi connectivity index (χ4v) is 2.91. The van der Waals surface area contributed by atoms with Crippen molar-refractivity contribution in [2.45, 2.75) is 13.1 Å². The van der Waals surface area contributed by atoms with Gasteiger partial charge >= 0.3 is 0 Å². The molecular formula is C16H14ClN. The lowest BCUT2D eigenvalue weighted by Crippen LogP contribution is -3.00. The van der Waals surface area contributed by atoms with Crippen LogP contribution in [-0.2, 0) is 13.1 Å². The molecule has 1 aliphatic heterocycles. The van der Waals surface area contributed by atoms with Crippen molar-refractivity contribution < 1.29 is 17.7 Å². The van der Waals surface area contributed by atoms with Gasteiger partial charge in [0.25, 0.3) is 0 Å². The number of hydrogen-bond donors (Lipinski definition) is 1. The van der Waals surface area contributed by atoms with Crippen molar-refractivity contribution in [1.82, 2.24) is 0 Å². The minimum absolute atomic E-state index is 0. The first-order valence-electron chi connectivity index (χ1n) is 6.17. The molecule has 0 amide bonds. The summed E-state index contributed by atoms with van der Waals surface area (Å²) >= 11 is 0. The van der Waals surface area contributed by atoms with Crippen molar-refractivity contribution in [3.8, 4) is 0 Å². The number of fused-ring (bicyclic) bond motifs is 4. The first-order valence-corrected chi connectivity index (χ1v) is 6.17. The van der Waals surface area contributed by atoms with Crippen molar-refractivity contribution >= 4 is 21.5 Å². The Balaban J connectivity index is 0.000001000. The molecular weight excluding hydrogens is 242 g/mol. The van der Waals surface area contributed by atoms with E-state index in [1.54, 1.807) is 0 Å². The highest BCUT2D eigenvalue weighted by Crippen LogP contribution is 2.28. The number of benzene rings is 3. The number of quaternary nitrogens is 1. The average Bonchev–Trinajstić information content (AvgIpc) is 2.83. The standard InChI is InChI=1S/C16H13N.ClH/c1-2-4-15-11(3-1)5-6-12-7-13-9-17-10-14(13)8-16(12)15;/h1-8,17H,9-10H2;1H. The molecule has 0 atom stereocenters. The summed E-state index contributed by atoms with van der Waals surface area (Å²) in [6.07, 6.45) is 0.